The van der Waals surface area contributed by atoms with Crippen LogP contribution in [0.15, 0.2) is 72.9 Å². The Kier molecular flexibility index (Phi) is 62.7. The van der Waals surface area contributed by atoms with Crippen molar-refractivity contribution < 1.29 is 28.6 Å². The van der Waals surface area contributed by atoms with Gasteiger partial charge in [0.1, 0.15) is 13.2 Å². The second-order valence-electron chi connectivity index (χ2n) is 22.4. The van der Waals surface area contributed by atoms with Crippen LogP contribution in [0.2, 0.25) is 0 Å². The molecule has 0 heterocycles. The van der Waals surface area contributed by atoms with Crippen molar-refractivity contribution >= 4 is 17.9 Å². The molecular weight excluding hydrogens is 949 g/mol. The van der Waals surface area contributed by atoms with Crippen LogP contribution >= 0.6 is 0 Å². The van der Waals surface area contributed by atoms with Crippen molar-refractivity contribution in [2.75, 3.05) is 13.2 Å². The van der Waals surface area contributed by atoms with Gasteiger partial charge in [-0.3, -0.25) is 14.4 Å². The Morgan fingerprint density at radius 2 is 0.519 bits per heavy atom. The van der Waals surface area contributed by atoms with Crippen LogP contribution in [0.3, 0.4) is 0 Å². The minimum absolute atomic E-state index is 0.0744. The lowest BCUT2D eigenvalue weighted by atomic mass is 10.0. The zero-order valence-corrected chi connectivity index (χ0v) is 51.2. The third-order valence-electron chi connectivity index (χ3n) is 14.7. The summed E-state index contributed by atoms with van der Waals surface area (Å²) in [6.45, 7) is 6.53. The molecule has 1 unspecified atom stereocenters. The number of carbonyl (C=O) groups is 3. The summed E-state index contributed by atoms with van der Waals surface area (Å²) in [6, 6.07) is 0. The van der Waals surface area contributed by atoms with Crippen LogP contribution in [0.4, 0.5) is 0 Å². The summed E-state index contributed by atoms with van der Waals surface area (Å²) < 4.78 is 16.9. The van der Waals surface area contributed by atoms with Gasteiger partial charge in [-0.25, -0.2) is 0 Å². The molecule has 0 spiro atoms. The fourth-order valence-electron chi connectivity index (χ4n) is 9.69. The maximum absolute atomic E-state index is 12.9. The molecule has 0 aliphatic rings. The van der Waals surface area contributed by atoms with Gasteiger partial charge in [-0.1, -0.05) is 312 Å². The maximum Gasteiger partial charge on any atom is 0.306 e. The summed E-state index contributed by atoms with van der Waals surface area (Å²) in [5.74, 6) is -0.866. The molecule has 0 aromatic carbocycles. The molecule has 6 heteroatoms. The van der Waals surface area contributed by atoms with E-state index in [-0.39, 0.29) is 31.1 Å². The SMILES string of the molecule is CC/C=C\C/C=C\C/C=C\C/C=C\C/C=C\CCCCCCCCCCCCCCCC(=O)OCC(COC(=O)CCCCCCC/C=C\CCCC)OC(=O)CCCCCCCCCCCCCCCCCCCCC. The molecule has 0 fully saturated rings. The Balaban J connectivity index is 4.19. The monoisotopic (exact) mass is 1070 g/mol. The van der Waals surface area contributed by atoms with Gasteiger partial charge >= 0.3 is 17.9 Å². The van der Waals surface area contributed by atoms with Crippen LogP contribution in [0.5, 0.6) is 0 Å². The largest absolute Gasteiger partial charge is 0.462 e. The molecule has 0 saturated heterocycles. The molecular formula is C71H126O6. The first-order valence-corrected chi connectivity index (χ1v) is 33.4. The highest BCUT2D eigenvalue weighted by Crippen LogP contribution is 2.18. The fraction of sp³-hybridized carbons (Fsp3) is 0.789. The minimum atomic E-state index is -0.777. The summed E-state index contributed by atoms with van der Waals surface area (Å²) in [4.78, 5) is 38.3. The van der Waals surface area contributed by atoms with E-state index >= 15 is 0 Å². The van der Waals surface area contributed by atoms with E-state index in [0.29, 0.717) is 19.3 Å². The second-order valence-corrected chi connectivity index (χ2v) is 22.4. The number of hydrogen-bond donors (Lipinski definition) is 0. The Labute approximate surface area is 478 Å². The number of carbonyl (C=O) groups excluding carboxylic acids is 3. The molecule has 6 nitrogen and oxygen atoms in total. The first kappa shape index (κ1) is 73.8. The molecule has 1 atom stereocenters. The van der Waals surface area contributed by atoms with Crippen molar-refractivity contribution in [1.82, 2.24) is 0 Å². The quantitative estimate of drug-likeness (QED) is 0.0261. The number of hydrogen-bond acceptors (Lipinski definition) is 6. The zero-order chi connectivity index (χ0) is 55.7. The summed E-state index contributed by atoms with van der Waals surface area (Å²) in [7, 11) is 0. The minimum Gasteiger partial charge on any atom is -0.462 e. The molecule has 0 aromatic heterocycles. The van der Waals surface area contributed by atoms with Crippen LogP contribution in [0, 0.1) is 0 Å². The van der Waals surface area contributed by atoms with Crippen LogP contribution in [-0.4, -0.2) is 37.2 Å². The predicted octanol–water partition coefficient (Wildman–Crippen LogP) is 22.9. The van der Waals surface area contributed by atoms with Crippen molar-refractivity contribution in [2.45, 2.75) is 348 Å². The van der Waals surface area contributed by atoms with Gasteiger partial charge in [0, 0.05) is 19.3 Å². The molecule has 0 radical (unpaired) electrons. The van der Waals surface area contributed by atoms with Gasteiger partial charge in [0.25, 0.3) is 0 Å². The molecule has 0 bridgehead atoms. The van der Waals surface area contributed by atoms with Gasteiger partial charge in [0.2, 0.25) is 0 Å². The van der Waals surface area contributed by atoms with Crippen molar-refractivity contribution in [3.05, 3.63) is 72.9 Å². The van der Waals surface area contributed by atoms with E-state index in [1.807, 2.05) is 0 Å². The van der Waals surface area contributed by atoms with Gasteiger partial charge in [-0.05, 0) is 83.5 Å². The molecule has 0 aromatic rings. The van der Waals surface area contributed by atoms with Gasteiger partial charge in [-0.2, -0.15) is 0 Å². The van der Waals surface area contributed by atoms with Crippen LogP contribution in [0.1, 0.15) is 342 Å². The normalized spacial score (nSPS) is 12.5. The molecule has 0 aliphatic carbocycles. The van der Waals surface area contributed by atoms with Crippen molar-refractivity contribution in [2.24, 2.45) is 0 Å². The predicted molar refractivity (Wildman–Crippen MR) is 335 cm³/mol. The first-order valence-electron chi connectivity index (χ1n) is 33.4. The maximum atomic E-state index is 12.9. The highest BCUT2D eigenvalue weighted by molar-refractivity contribution is 5.71. The fourth-order valence-corrected chi connectivity index (χ4v) is 9.69. The number of unbranched alkanes of at least 4 members (excludes halogenated alkanes) is 38. The van der Waals surface area contributed by atoms with Crippen LogP contribution in [0.25, 0.3) is 0 Å². The number of esters is 3. The number of rotatable bonds is 61. The number of allylic oxidation sites excluding steroid dienone is 12. The lowest BCUT2D eigenvalue weighted by molar-refractivity contribution is -0.167. The topological polar surface area (TPSA) is 78.9 Å². The summed E-state index contributed by atoms with van der Waals surface area (Å²) >= 11 is 0. The highest BCUT2D eigenvalue weighted by atomic mass is 16.6. The summed E-state index contributed by atoms with van der Waals surface area (Å²) in [5, 5.41) is 0. The Bertz CT molecular complexity index is 1420. The summed E-state index contributed by atoms with van der Waals surface area (Å²) in [5.41, 5.74) is 0. The number of ether oxygens (including phenoxy) is 3. The zero-order valence-electron chi connectivity index (χ0n) is 51.2. The van der Waals surface area contributed by atoms with E-state index in [1.165, 1.54) is 205 Å². The smallest absolute Gasteiger partial charge is 0.306 e. The van der Waals surface area contributed by atoms with E-state index < -0.39 is 6.10 Å². The van der Waals surface area contributed by atoms with E-state index in [9.17, 15) is 14.4 Å². The Hall–Kier alpha value is -3.15. The van der Waals surface area contributed by atoms with Gasteiger partial charge in [0.15, 0.2) is 6.10 Å². The van der Waals surface area contributed by atoms with Gasteiger partial charge in [0.05, 0.1) is 0 Å². The highest BCUT2D eigenvalue weighted by Gasteiger charge is 2.19. The lowest BCUT2D eigenvalue weighted by Gasteiger charge is -2.18. The van der Waals surface area contributed by atoms with E-state index in [4.69, 9.17) is 14.2 Å². The third kappa shape index (κ3) is 63.6. The lowest BCUT2D eigenvalue weighted by Crippen LogP contribution is -2.30. The molecule has 0 amide bonds. The first-order chi connectivity index (χ1) is 38.0. The van der Waals surface area contributed by atoms with Gasteiger partial charge < -0.3 is 14.2 Å². The van der Waals surface area contributed by atoms with Gasteiger partial charge in [-0.15, -0.1) is 0 Å². The van der Waals surface area contributed by atoms with Crippen molar-refractivity contribution in [1.29, 1.82) is 0 Å². The van der Waals surface area contributed by atoms with E-state index in [2.05, 4.69) is 93.7 Å². The average Bonchev–Trinajstić information content (AvgIpc) is 3.43. The standard InChI is InChI=1S/C71H126O6/c1-4-7-10-13-16-19-22-24-26-28-30-31-32-33-34-35-36-37-38-39-41-42-44-46-49-52-55-58-61-64-70(73)76-67-68(66-75-69(72)63-60-57-54-51-48-21-18-15-12-9-6-3)77-71(74)65-62-59-56-53-50-47-45-43-40-29-27-25-23-20-17-14-11-8-5-2/h7,10,15-16,18-19,24,26,30-31,33-34,68H,4-6,8-9,11-14,17,20-23,25,27-29,32,35-67H2,1-3H3/b10-7-,18-15-,19-16-,26-24-,31-30-,34-33-. The average molecular weight is 1080 g/mol. The molecule has 446 valence electrons. The molecule has 0 saturated carbocycles. The molecule has 0 rings (SSSR count). The molecule has 0 N–H and O–H groups in total. The third-order valence-corrected chi connectivity index (χ3v) is 14.7. The second kappa shape index (κ2) is 65.4. The van der Waals surface area contributed by atoms with Crippen molar-refractivity contribution in [3.63, 3.8) is 0 Å². The Morgan fingerprint density at radius 3 is 0.844 bits per heavy atom. The van der Waals surface area contributed by atoms with Crippen molar-refractivity contribution in [3.8, 4) is 0 Å². The van der Waals surface area contributed by atoms with Crippen LogP contribution in [-0.2, 0) is 28.6 Å². The van der Waals surface area contributed by atoms with E-state index in [1.54, 1.807) is 0 Å². The summed E-state index contributed by atoms with van der Waals surface area (Å²) in [6.07, 6.45) is 85.0. The van der Waals surface area contributed by atoms with E-state index in [0.717, 1.165) is 96.3 Å². The molecule has 77 heavy (non-hydrogen) atoms. The van der Waals surface area contributed by atoms with Crippen LogP contribution < -0.4 is 0 Å². The Morgan fingerprint density at radius 1 is 0.273 bits per heavy atom. The molecule has 0 aliphatic heterocycles.